The van der Waals surface area contributed by atoms with Gasteiger partial charge in [-0.1, -0.05) is 13.8 Å². The van der Waals surface area contributed by atoms with E-state index in [9.17, 15) is 5.11 Å². The number of hydrogen-bond donors (Lipinski definition) is 1. The fourth-order valence-electron chi connectivity index (χ4n) is 10.1. The van der Waals surface area contributed by atoms with Crippen LogP contribution in [-0.4, -0.2) is 61.8 Å². The Morgan fingerprint density at radius 2 is 1.62 bits per heavy atom. The summed E-state index contributed by atoms with van der Waals surface area (Å²) in [6, 6.07) is 0. The van der Waals surface area contributed by atoms with E-state index in [-0.39, 0.29) is 36.3 Å². The highest BCUT2D eigenvalue weighted by Gasteiger charge is 2.77. The van der Waals surface area contributed by atoms with Crippen LogP contribution in [0.25, 0.3) is 0 Å². The molecular weight excluding hydrogens is 412 g/mol. The van der Waals surface area contributed by atoms with Gasteiger partial charge in [0, 0.05) is 18.3 Å². The van der Waals surface area contributed by atoms with Crippen LogP contribution in [0.5, 0.6) is 0 Å². The molecule has 0 amide bonds. The molecule has 0 bridgehead atoms. The molecule has 9 atom stereocenters. The third-order valence-electron chi connectivity index (χ3n) is 11.4. The summed E-state index contributed by atoms with van der Waals surface area (Å²) < 4.78 is 36.5. The summed E-state index contributed by atoms with van der Waals surface area (Å²) in [4.78, 5) is 0. The molecule has 3 saturated heterocycles. The van der Waals surface area contributed by atoms with Crippen molar-refractivity contribution in [3.05, 3.63) is 0 Å². The van der Waals surface area contributed by atoms with Crippen molar-refractivity contribution in [1.29, 1.82) is 0 Å². The van der Waals surface area contributed by atoms with E-state index in [1.165, 1.54) is 12.8 Å². The lowest BCUT2D eigenvalue weighted by Gasteiger charge is -2.64. The van der Waals surface area contributed by atoms with E-state index in [2.05, 4.69) is 13.8 Å². The Morgan fingerprint density at radius 1 is 0.812 bits per heavy atom. The van der Waals surface area contributed by atoms with E-state index in [4.69, 9.17) is 28.4 Å². The molecule has 3 spiro atoms. The van der Waals surface area contributed by atoms with Crippen LogP contribution in [0, 0.1) is 34.5 Å². The van der Waals surface area contributed by atoms with E-state index in [0.29, 0.717) is 30.3 Å². The van der Waals surface area contributed by atoms with Crippen molar-refractivity contribution >= 4 is 0 Å². The maximum absolute atomic E-state index is 11.8. The van der Waals surface area contributed by atoms with Gasteiger partial charge in [-0.05, 0) is 67.6 Å². The molecule has 4 saturated carbocycles. The van der Waals surface area contributed by atoms with Crippen molar-refractivity contribution in [3.63, 3.8) is 0 Å². The first-order valence-electron chi connectivity index (χ1n) is 12.8. The van der Waals surface area contributed by atoms with Gasteiger partial charge in [-0.25, -0.2) is 0 Å². The maximum atomic E-state index is 11.8. The molecule has 7 aliphatic rings. The van der Waals surface area contributed by atoms with Gasteiger partial charge in [-0.3, -0.25) is 0 Å². The standard InChI is InChI=1S/C25H38O7/c1-21-7-8-23(28-9-10-29-23)11-16(21)3-4-17-18-5-6-24(22(18,2)12-19(26)20(17)21)25(32-15-30-24)13-27-14-31-25/h16-20,26H,3-15H2,1-2H3/t16?,17?,18?,19?,20?,21-,22-,24+,25?/m0/s1. The number of fused-ring (bicyclic) bond motifs is 7. The first kappa shape index (κ1) is 21.0. The number of hydrogen-bond acceptors (Lipinski definition) is 7. The first-order valence-corrected chi connectivity index (χ1v) is 12.8. The van der Waals surface area contributed by atoms with E-state index >= 15 is 0 Å². The zero-order valence-electron chi connectivity index (χ0n) is 19.5. The minimum absolute atomic E-state index is 0.137. The molecule has 7 fully saturated rings. The van der Waals surface area contributed by atoms with Crippen LogP contribution in [0.2, 0.25) is 0 Å². The molecule has 180 valence electrons. The van der Waals surface area contributed by atoms with Crippen molar-refractivity contribution < 1.29 is 33.5 Å². The lowest BCUT2D eigenvalue weighted by atomic mass is 9.43. The Labute approximate surface area is 190 Å². The van der Waals surface area contributed by atoms with Crippen LogP contribution in [0.4, 0.5) is 0 Å². The fraction of sp³-hybridized carbons (Fsp3) is 1.00. The van der Waals surface area contributed by atoms with Crippen LogP contribution >= 0.6 is 0 Å². The van der Waals surface area contributed by atoms with E-state index < -0.39 is 11.4 Å². The lowest BCUT2D eigenvalue weighted by Crippen LogP contribution is -2.67. The minimum Gasteiger partial charge on any atom is -0.393 e. The molecule has 0 aromatic carbocycles. The molecular formula is C25H38O7. The number of rotatable bonds is 0. The summed E-state index contributed by atoms with van der Waals surface area (Å²) in [6.45, 7) is 7.15. The van der Waals surface area contributed by atoms with Gasteiger partial charge < -0.3 is 33.5 Å². The highest BCUT2D eigenvalue weighted by Crippen LogP contribution is 2.72. The Balaban J connectivity index is 1.22. The van der Waals surface area contributed by atoms with Crippen molar-refractivity contribution in [3.8, 4) is 0 Å². The molecule has 7 rings (SSSR count). The fourth-order valence-corrected chi connectivity index (χ4v) is 10.1. The molecule has 7 heteroatoms. The predicted molar refractivity (Wildman–Crippen MR) is 112 cm³/mol. The third-order valence-corrected chi connectivity index (χ3v) is 11.4. The molecule has 4 aliphatic carbocycles. The normalized spacial score (nSPS) is 58.4. The van der Waals surface area contributed by atoms with Crippen LogP contribution in [0.15, 0.2) is 0 Å². The van der Waals surface area contributed by atoms with Crippen LogP contribution in [-0.2, 0) is 28.4 Å². The van der Waals surface area contributed by atoms with Gasteiger partial charge >= 0.3 is 0 Å². The molecule has 3 aliphatic heterocycles. The molecule has 0 radical (unpaired) electrons. The Kier molecular flexibility index (Phi) is 4.39. The van der Waals surface area contributed by atoms with Crippen molar-refractivity contribution in [2.75, 3.05) is 33.4 Å². The second kappa shape index (κ2) is 6.68. The van der Waals surface area contributed by atoms with Gasteiger partial charge in [-0.2, -0.15) is 0 Å². The molecule has 0 aromatic rings. The van der Waals surface area contributed by atoms with Crippen LogP contribution < -0.4 is 0 Å². The Hall–Kier alpha value is -0.280. The van der Waals surface area contributed by atoms with Gasteiger partial charge in [0.25, 0.3) is 0 Å². The average molecular weight is 451 g/mol. The van der Waals surface area contributed by atoms with E-state index in [0.717, 1.165) is 51.7 Å². The number of aliphatic hydroxyl groups excluding tert-OH is 1. The third kappa shape index (κ3) is 2.37. The van der Waals surface area contributed by atoms with E-state index in [1.807, 2.05) is 0 Å². The molecule has 3 heterocycles. The zero-order valence-corrected chi connectivity index (χ0v) is 19.5. The SMILES string of the molecule is C[C@]12CCC3(CC1CCC1C2C(O)C[C@@]2(C)C1CC[C@@]21OCOC12COCO2)OCCO3. The predicted octanol–water partition coefficient (Wildman–Crippen LogP) is 3.19. The minimum atomic E-state index is -0.821. The van der Waals surface area contributed by atoms with Gasteiger partial charge in [0.05, 0.1) is 19.3 Å². The molecule has 6 unspecified atom stereocenters. The average Bonchev–Trinajstić information content (AvgIpc) is 3.54. The van der Waals surface area contributed by atoms with Gasteiger partial charge in [0.15, 0.2) is 19.4 Å². The highest BCUT2D eigenvalue weighted by atomic mass is 16.9. The van der Waals surface area contributed by atoms with Crippen molar-refractivity contribution in [2.45, 2.75) is 88.5 Å². The van der Waals surface area contributed by atoms with Gasteiger partial charge in [0.2, 0.25) is 5.79 Å². The van der Waals surface area contributed by atoms with E-state index in [1.54, 1.807) is 0 Å². The molecule has 7 nitrogen and oxygen atoms in total. The quantitative estimate of drug-likeness (QED) is 0.607. The van der Waals surface area contributed by atoms with Gasteiger partial charge in [0.1, 0.15) is 12.2 Å². The Morgan fingerprint density at radius 3 is 2.41 bits per heavy atom. The highest BCUT2D eigenvalue weighted by molar-refractivity contribution is 5.22. The number of aliphatic hydroxyl groups is 1. The largest absolute Gasteiger partial charge is 0.393 e. The lowest BCUT2D eigenvalue weighted by molar-refractivity contribution is -0.272. The monoisotopic (exact) mass is 450 g/mol. The Bertz CT molecular complexity index is 771. The van der Waals surface area contributed by atoms with Crippen LogP contribution in [0.1, 0.15) is 65.2 Å². The first-order chi connectivity index (χ1) is 15.4. The number of ether oxygens (including phenoxy) is 6. The second-order valence-electron chi connectivity index (χ2n) is 12.2. The topological polar surface area (TPSA) is 75.6 Å². The summed E-state index contributed by atoms with van der Waals surface area (Å²) in [5.41, 5.74) is -0.584. The summed E-state index contributed by atoms with van der Waals surface area (Å²) in [5.74, 6) is 0.711. The zero-order chi connectivity index (χ0) is 21.8. The summed E-state index contributed by atoms with van der Waals surface area (Å²) in [5, 5.41) is 11.8. The summed E-state index contributed by atoms with van der Waals surface area (Å²) in [7, 11) is 0. The maximum Gasteiger partial charge on any atom is 0.226 e. The second-order valence-corrected chi connectivity index (χ2v) is 12.2. The summed E-state index contributed by atoms with van der Waals surface area (Å²) >= 11 is 0. The van der Waals surface area contributed by atoms with Gasteiger partial charge in [-0.15, -0.1) is 0 Å². The van der Waals surface area contributed by atoms with Crippen molar-refractivity contribution in [1.82, 2.24) is 0 Å². The van der Waals surface area contributed by atoms with Crippen LogP contribution in [0.3, 0.4) is 0 Å². The molecule has 0 aromatic heterocycles. The smallest absolute Gasteiger partial charge is 0.226 e. The van der Waals surface area contributed by atoms with Crippen molar-refractivity contribution in [2.24, 2.45) is 34.5 Å². The molecule has 1 N–H and O–H groups in total. The summed E-state index contributed by atoms with van der Waals surface area (Å²) in [6.07, 6.45) is 7.79. The molecule has 32 heavy (non-hydrogen) atoms.